The summed E-state index contributed by atoms with van der Waals surface area (Å²) >= 11 is 0. The van der Waals surface area contributed by atoms with Crippen LogP contribution in [0.1, 0.15) is 26.2 Å². The van der Waals surface area contributed by atoms with Crippen molar-refractivity contribution in [1.82, 2.24) is 0 Å². The Balaban J connectivity index is 2.68. The minimum absolute atomic E-state index is 0.597. The molecule has 0 saturated heterocycles. The van der Waals surface area contributed by atoms with Gasteiger partial charge in [-0.1, -0.05) is 19.8 Å². The molecule has 0 spiro atoms. The summed E-state index contributed by atoms with van der Waals surface area (Å²) in [6, 6.07) is 0. The molecule has 0 fully saturated rings. The number of alkyl halides is 1. The molecule has 0 bridgehead atoms. The highest BCUT2D eigenvalue weighted by Gasteiger charge is 1.94. The third-order valence-corrected chi connectivity index (χ3v) is 1.05. The van der Waals surface area contributed by atoms with E-state index in [1.54, 1.807) is 0 Å². The summed E-state index contributed by atoms with van der Waals surface area (Å²) in [6.07, 6.45) is 2.60. The van der Waals surface area contributed by atoms with Gasteiger partial charge in [0.15, 0.2) is 0 Å². The first-order chi connectivity index (χ1) is 3.27. The van der Waals surface area contributed by atoms with E-state index in [1.165, 1.54) is 0 Å². The van der Waals surface area contributed by atoms with Gasteiger partial charge in [-0.25, -0.2) is 4.39 Å². The van der Waals surface area contributed by atoms with E-state index in [1.807, 2.05) is 6.92 Å². The topological polar surface area (TPSA) is 0 Å². The first kappa shape index (κ1) is 7.36. The summed E-state index contributed by atoms with van der Waals surface area (Å²) in [5.74, 6) is -0.903. The molecule has 0 nitrogen and oxygen atoms in total. The molecule has 2 radical (unpaired) electrons. The monoisotopic (exact) mass is 120 g/mol. The normalized spacial score (nSPS) is 14.1. The predicted molar refractivity (Wildman–Crippen MR) is 31.3 cm³/mol. The van der Waals surface area contributed by atoms with Crippen molar-refractivity contribution >= 4 is 9.24 Å². The van der Waals surface area contributed by atoms with Crippen molar-refractivity contribution in [2.45, 2.75) is 32.1 Å². The Morgan fingerprint density at radius 2 is 2.29 bits per heavy atom. The fraction of sp³-hybridized carbons (Fsp3) is 1.00. The van der Waals surface area contributed by atoms with Crippen LogP contribution in [0.25, 0.3) is 0 Å². The Labute approximate surface area is 46.7 Å². The molecule has 0 heterocycles. The summed E-state index contributed by atoms with van der Waals surface area (Å²) in [4.78, 5) is 0. The third kappa shape index (κ3) is 6.36. The largest absolute Gasteiger partial charge is 0.242 e. The first-order valence-corrected chi connectivity index (χ1v) is 3.11. The van der Waals surface area contributed by atoms with Crippen LogP contribution in [0.4, 0.5) is 4.39 Å². The van der Waals surface area contributed by atoms with Crippen molar-refractivity contribution in [2.75, 3.05) is 0 Å². The van der Waals surface area contributed by atoms with Gasteiger partial charge < -0.3 is 0 Å². The minimum atomic E-state index is -0.903. The van der Waals surface area contributed by atoms with Crippen LogP contribution in [-0.2, 0) is 0 Å². The lowest BCUT2D eigenvalue weighted by Gasteiger charge is -1.94. The molecule has 0 aromatic heterocycles. The molecule has 2 heteroatoms. The lowest BCUT2D eigenvalue weighted by atomic mass is 10.3. The third-order valence-electron chi connectivity index (χ3n) is 0.796. The van der Waals surface area contributed by atoms with E-state index < -0.39 is 5.91 Å². The summed E-state index contributed by atoms with van der Waals surface area (Å²) in [7, 11) is 3.57. The molecule has 0 saturated carbocycles. The van der Waals surface area contributed by atoms with E-state index in [0.717, 1.165) is 12.8 Å². The zero-order valence-electron chi connectivity index (χ0n) is 4.52. The zero-order chi connectivity index (χ0) is 5.70. The Hall–Kier alpha value is 0.360. The number of hydrogen-bond donors (Lipinski definition) is 0. The van der Waals surface area contributed by atoms with E-state index >= 15 is 0 Å². The fourth-order valence-corrected chi connectivity index (χ4v) is 0.555. The highest BCUT2D eigenvalue weighted by molar-refractivity contribution is 7.17. The van der Waals surface area contributed by atoms with Crippen LogP contribution in [-0.4, -0.2) is 5.91 Å². The Morgan fingerprint density at radius 3 is 2.43 bits per heavy atom. The van der Waals surface area contributed by atoms with Gasteiger partial charge >= 0.3 is 0 Å². The van der Waals surface area contributed by atoms with Crippen LogP contribution in [0.3, 0.4) is 0 Å². The van der Waals surface area contributed by atoms with Gasteiger partial charge in [-0.3, -0.25) is 0 Å². The van der Waals surface area contributed by atoms with Gasteiger partial charge in [0.1, 0.15) is 5.91 Å². The lowest BCUT2D eigenvalue weighted by Crippen LogP contribution is -1.84. The van der Waals surface area contributed by atoms with Gasteiger partial charge in [0.2, 0.25) is 0 Å². The first-order valence-electron chi connectivity index (χ1n) is 2.59. The van der Waals surface area contributed by atoms with Crippen LogP contribution < -0.4 is 0 Å². The van der Waals surface area contributed by atoms with Crippen molar-refractivity contribution < 1.29 is 4.39 Å². The smallest absolute Gasteiger partial charge is 0.128 e. The van der Waals surface area contributed by atoms with E-state index in [9.17, 15) is 4.39 Å². The lowest BCUT2D eigenvalue weighted by molar-refractivity contribution is 0.418. The second-order valence-corrected chi connectivity index (χ2v) is 2.14. The van der Waals surface area contributed by atoms with Gasteiger partial charge in [-0.2, -0.15) is 0 Å². The summed E-state index contributed by atoms with van der Waals surface area (Å²) in [5, 5.41) is 0. The van der Waals surface area contributed by atoms with E-state index in [-0.39, 0.29) is 0 Å². The maximum Gasteiger partial charge on any atom is 0.128 e. The van der Waals surface area contributed by atoms with Crippen molar-refractivity contribution in [3.8, 4) is 0 Å². The molecular weight excluding hydrogens is 110 g/mol. The standard InChI is InChI=1S/C5H10FP/c1-2-3-4-5(6)7/h5H,2-4H2,1H3. The van der Waals surface area contributed by atoms with E-state index in [4.69, 9.17) is 0 Å². The summed E-state index contributed by atoms with van der Waals surface area (Å²) in [6.45, 7) is 2.04. The average Bonchev–Trinajstić information content (AvgIpc) is 1.61. The summed E-state index contributed by atoms with van der Waals surface area (Å²) in [5.41, 5.74) is 0. The maximum absolute atomic E-state index is 11.8. The van der Waals surface area contributed by atoms with E-state index in [2.05, 4.69) is 9.24 Å². The van der Waals surface area contributed by atoms with Crippen LogP contribution in [0.15, 0.2) is 0 Å². The fourth-order valence-electron chi connectivity index (χ4n) is 0.373. The van der Waals surface area contributed by atoms with Crippen LogP contribution in [0.5, 0.6) is 0 Å². The molecule has 42 valence electrons. The Kier molecular flexibility index (Phi) is 4.75. The predicted octanol–water partition coefficient (Wildman–Crippen LogP) is 2.88. The molecule has 0 aliphatic carbocycles. The SMILES string of the molecule is CCCCC(F)[P]. The van der Waals surface area contributed by atoms with Crippen molar-refractivity contribution in [3.63, 3.8) is 0 Å². The highest BCUT2D eigenvalue weighted by atomic mass is 31.0. The number of hydrogen-bond acceptors (Lipinski definition) is 0. The molecule has 0 aliphatic rings. The van der Waals surface area contributed by atoms with Gasteiger partial charge in [-0.15, -0.1) is 0 Å². The average molecular weight is 120 g/mol. The molecule has 0 rings (SSSR count). The number of halogens is 1. The molecule has 1 unspecified atom stereocenters. The molecule has 0 aromatic rings. The minimum Gasteiger partial charge on any atom is -0.242 e. The molecule has 0 N–H and O–H groups in total. The zero-order valence-corrected chi connectivity index (χ0v) is 5.42. The molecule has 7 heavy (non-hydrogen) atoms. The van der Waals surface area contributed by atoms with Crippen molar-refractivity contribution in [3.05, 3.63) is 0 Å². The second-order valence-electron chi connectivity index (χ2n) is 1.58. The highest BCUT2D eigenvalue weighted by Crippen LogP contribution is 2.09. The maximum atomic E-state index is 11.8. The van der Waals surface area contributed by atoms with Crippen molar-refractivity contribution in [2.24, 2.45) is 0 Å². The van der Waals surface area contributed by atoms with E-state index in [0.29, 0.717) is 6.42 Å². The molecule has 1 atom stereocenters. The molecule has 0 aliphatic heterocycles. The molecule has 0 aromatic carbocycles. The quantitative estimate of drug-likeness (QED) is 0.502. The van der Waals surface area contributed by atoms with Crippen molar-refractivity contribution in [1.29, 1.82) is 0 Å². The van der Waals surface area contributed by atoms with Gasteiger partial charge in [-0.05, 0) is 15.7 Å². The number of rotatable bonds is 3. The Morgan fingerprint density at radius 1 is 1.71 bits per heavy atom. The Bertz CT molecular complexity index is 37.1. The van der Waals surface area contributed by atoms with Gasteiger partial charge in [0.25, 0.3) is 0 Å². The van der Waals surface area contributed by atoms with Crippen LogP contribution >= 0.6 is 9.24 Å². The van der Waals surface area contributed by atoms with Crippen LogP contribution in [0, 0.1) is 0 Å². The van der Waals surface area contributed by atoms with Gasteiger partial charge in [0.05, 0.1) is 0 Å². The molecular formula is C5H10FP. The number of unbranched alkanes of at least 4 members (excludes halogenated alkanes) is 1. The van der Waals surface area contributed by atoms with Crippen LogP contribution in [0.2, 0.25) is 0 Å². The summed E-state index contributed by atoms with van der Waals surface area (Å²) < 4.78 is 11.8. The van der Waals surface area contributed by atoms with Gasteiger partial charge in [0, 0.05) is 0 Å². The molecule has 0 amide bonds. The second kappa shape index (κ2) is 4.52.